The van der Waals surface area contributed by atoms with Gasteiger partial charge < -0.3 is 19.6 Å². The van der Waals surface area contributed by atoms with Crippen LogP contribution in [0.3, 0.4) is 0 Å². The van der Waals surface area contributed by atoms with Gasteiger partial charge in [-0.05, 0) is 44.3 Å². The van der Waals surface area contributed by atoms with Crippen molar-refractivity contribution in [2.75, 3.05) is 45.9 Å². The van der Waals surface area contributed by atoms with E-state index < -0.39 is 6.10 Å². The van der Waals surface area contributed by atoms with Crippen LogP contribution in [0.15, 0.2) is 24.3 Å². The summed E-state index contributed by atoms with van der Waals surface area (Å²) in [6.07, 6.45) is 2.30. The smallest absolute Gasteiger partial charge is 0.223 e. The number of aliphatic hydroxyl groups is 1. The maximum absolute atomic E-state index is 12.4. The van der Waals surface area contributed by atoms with Gasteiger partial charge in [0.2, 0.25) is 5.91 Å². The fourth-order valence-electron chi connectivity index (χ4n) is 3.70. The van der Waals surface area contributed by atoms with Gasteiger partial charge in [-0.1, -0.05) is 29.8 Å². The van der Waals surface area contributed by atoms with Gasteiger partial charge in [0.1, 0.15) is 0 Å². The normalized spacial score (nSPS) is 21.3. The van der Waals surface area contributed by atoms with E-state index >= 15 is 0 Å². The van der Waals surface area contributed by atoms with Crippen molar-refractivity contribution in [2.45, 2.75) is 32.3 Å². The standard InChI is InChI=1S/C20H30N2O3/c1-16-2-4-18(5-3-16)19(23)15-21-8-6-17(7-9-21)14-20(24)22-10-12-25-13-11-22/h2-5,17,19,23H,6-15H2,1H3. The number of benzene rings is 1. The number of aliphatic hydroxyl groups excluding tert-OH is 1. The molecule has 0 aromatic heterocycles. The van der Waals surface area contributed by atoms with Crippen molar-refractivity contribution in [1.82, 2.24) is 9.80 Å². The van der Waals surface area contributed by atoms with Crippen LogP contribution in [-0.2, 0) is 9.53 Å². The van der Waals surface area contributed by atoms with Crippen molar-refractivity contribution in [2.24, 2.45) is 5.92 Å². The maximum atomic E-state index is 12.4. The molecule has 2 saturated heterocycles. The summed E-state index contributed by atoms with van der Waals surface area (Å²) in [5, 5.41) is 10.4. The van der Waals surface area contributed by atoms with Gasteiger partial charge in [-0.2, -0.15) is 0 Å². The van der Waals surface area contributed by atoms with Gasteiger partial charge in [-0.3, -0.25) is 4.79 Å². The minimum Gasteiger partial charge on any atom is -0.387 e. The molecule has 0 aliphatic carbocycles. The van der Waals surface area contributed by atoms with Crippen LogP contribution in [-0.4, -0.2) is 66.8 Å². The molecule has 5 nitrogen and oxygen atoms in total. The van der Waals surface area contributed by atoms with E-state index in [9.17, 15) is 9.90 Å². The van der Waals surface area contributed by atoms with Gasteiger partial charge in [0.15, 0.2) is 0 Å². The molecule has 0 spiro atoms. The summed E-state index contributed by atoms with van der Waals surface area (Å²) < 4.78 is 5.31. The minimum absolute atomic E-state index is 0.279. The van der Waals surface area contributed by atoms with Gasteiger partial charge in [0, 0.05) is 26.1 Å². The van der Waals surface area contributed by atoms with E-state index in [-0.39, 0.29) is 5.91 Å². The van der Waals surface area contributed by atoms with Crippen molar-refractivity contribution < 1.29 is 14.6 Å². The second-order valence-corrected chi connectivity index (χ2v) is 7.37. The Morgan fingerprint density at radius 2 is 1.80 bits per heavy atom. The number of β-amino-alcohol motifs (C(OH)–C–C–N with tert-alkyl or cyclic N) is 1. The van der Waals surface area contributed by atoms with Crippen molar-refractivity contribution in [3.05, 3.63) is 35.4 Å². The fraction of sp³-hybridized carbons (Fsp3) is 0.650. The highest BCUT2D eigenvalue weighted by Crippen LogP contribution is 2.24. The van der Waals surface area contributed by atoms with Gasteiger partial charge in [-0.25, -0.2) is 0 Å². The zero-order valence-corrected chi connectivity index (χ0v) is 15.2. The number of carbonyl (C=O) groups excluding carboxylic acids is 1. The Balaban J connectivity index is 1.40. The summed E-state index contributed by atoms with van der Waals surface area (Å²) >= 11 is 0. The van der Waals surface area contributed by atoms with E-state index in [0.717, 1.165) is 44.6 Å². The molecule has 1 unspecified atom stereocenters. The summed E-state index contributed by atoms with van der Waals surface area (Å²) in [4.78, 5) is 16.6. The number of carbonyl (C=O) groups is 1. The monoisotopic (exact) mass is 346 g/mol. The van der Waals surface area contributed by atoms with Crippen LogP contribution in [0.4, 0.5) is 0 Å². The SMILES string of the molecule is Cc1ccc(C(O)CN2CCC(CC(=O)N3CCOCC3)CC2)cc1. The van der Waals surface area contributed by atoms with E-state index in [1.165, 1.54) is 5.56 Å². The van der Waals surface area contributed by atoms with E-state index in [1.54, 1.807) is 0 Å². The molecule has 0 bridgehead atoms. The first kappa shape index (κ1) is 18.4. The Bertz CT molecular complexity index is 547. The fourth-order valence-corrected chi connectivity index (χ4v) is 3.70. The van der Waals surface area contributed by atoms with Crippen molar-refractivity contribution in [1.29, 1.82) is 0 Å². The lowest BCUT2D eigenvalue weighted by atomic mass is 9.92. The Hall–Kier alpha value is -1.43. The number of hydrogen-bond acceptors (Lipinski definition) is 4. The summed E-state index contributed by atoms with van der Waals surface area (Å²) in [5.41, 5.74) is 2.19. The first-order chi connectivity index (χ1) is 12.1. The molecule has 1 aromatic rings. The van der Waals surface area contributed by atoms with Gasteiger partial charge >= 0.3 is 0 Å². The second kappa shape index (κ2) is 8.79. The predicted molar refractivity (Wildman–Crippen MR) is 97.3 cm³/mol. The van der Waals surface area contributed by atoms with E-state index in [2.05, 4.69) is 11.8 Å². The molecule has 0 radical (unpaired) electrons. The van der Waals surface area contributed by atoms with Crippen LogP contribution in [0.2, 0.25) is 0 Å². The molecule has 1 N–H and O–H groups in total. The highest BCUT2D eigenvalue weighted by Gasteiger charge is 2.25. The molecular formula is C20H30N2O3. The molecule has 0 saturated carbocycles. The van der Waals surface area contributed by atoms with Crippen LogP contribution in [0, 0.1) is 12.8 Å². The average molecular weight is 346 g/mol. The quantitative estimate of drug-likeness (QED) is 0.886. The van der Waals surface area contributed by atoms with Gasteiger partial charge in [0.25, 0.3) is 0 Å². The summed E-state index contributed by atoms with van der Waals surface area (Å²) in [6.45, 7) is 7.46. The van der Waals surface area contributed by atoms with Crippen molar-refractivity contribution in [3.63, 3.8) is 0 Å². The van der Waals surface area contributed by atoms with Crippen molar-refractivity contribution >= 4 is 5.91 Å². The number of ether oxygens (including phenoxy) is 1. The summed E-state index contributed by atoms with van der Waals surface area (Å²) in [6, 6.07) is 8.10. The van der Waals surface area contributed by atoms with Crippen LogP contribution in [0.1, 0.15) is 36.5 Å². The number of hydrogen-bond donors (Lipinski definition) is 1. The number of piperidine rings is 1. The van der Waals surface area contributed by atoms with E-state index in [4.69, 9.17) is 4.74 Å². The molecule has 2 heterocycles. The lowest BCUT2D eigenvalue weighted by Crippen LogP contribution is -2.43. The predicted octanol–water partition coefficient (Wildman–Crippen LogP) is 1.99. The highest BCUT2D eigenvalue weighted by molar-refractivity contribution is 5.76. The Morgan fingerprint density at radius 1 is 1.16 bits per heavy atom. The molecule has 2 aliphatic heterocycles. The maximum Gasteiger partial charge on any atom is 0.223 e. The first-order valence-electron chi connectivity index (χ1n) is 9.44. The molecule has 1 amide bonds. The topological polar surface area (TPSA) is 53.0 Å². The largest absolute Gasteiger partial charge is 0.387 e. The summed E-state index contributed by atoms with van der Waals surface area (Å²) in [7, 11) is 0. The Kier molecular flexibility index (Phi) is 6.45. The molecule has 138 valence electrons. The second-order valence-electron chi connectivity index (χ2n) is 7.37. The van der Waals surface area contributed by atoms with Crippen LogP contribution in [0.25, 0.3) is 0 Å². The molecule has 3 rings (SSSR count). The third-order valence-electron chi connectivity index (χ3n) is 5.43. The first-order valence-corrected chi connectivity index (χ1v) is 9.44. The molecule has 5 heteroatoms. The van der Waals surface area contributed by atoms with Crippen LogP contribution in [0.5, 0.6) is 0 Å². The van der Waals surface area contributed by atoms with Crippen LogP contribution < -0.4 is 0 Å². The number of rotatable bonds is 5. The number of morpholine rings is 1. The van der Waals surface area contributed by atoms with Gasteiger partial charge in [0.05, 0.1) is 19.3 Å². The Morgan fingerprint density at radius 3 is 2.44 bits per heavy atom. The number of aryl methyl sites for hydroxylation is 1. The average Bonchev–Trinajstić information content (AvgIpc) is 2.64. The number of nitrogens with zero attached hydrogens (tertiary/aromatic N) is 2. The van der Waals surface area contributed by atoms with Gasteiger partial charge in [-0.15, -0.1) is 0 Å². The molecule has 2 fully saturated rings. The highest BCUT2D eigenvalue weighted by atomic mass is 16.5. The lowest BCUT2D eigenvalue weighted by molar-refractivity contribution is -0.136. The summed E-state index contributed by atoms with van der Waals surface area (Å²) in [5.74, 6) is 0.754. The molecular weight excluding hydrogens is 316 g/mol. The zero-order chi connectivity index (χ0) is 17.6. The molecule has 2 aliphatic rings. The third kappa shape index (κ3) is 5.27. The molecule has 1 aromatic carbocycles. The number of amides is 1. The third-order valence-corrected chi connectivity index (χ3v) is 5.43. The van der Waals surface area contributed by atoms with Crippen LogP contribution >= 0.6 is 0 Å². The van der Waals surface area contributed by atoms with E-state index in [1.807, 2.05) is 29.2 Å². The zero-order valence-electron chi connectivity index (χ0n) is 15.2. The molecule has 25 heavy (non-hydrogen) atoms. The Labute approximate surface area is 150 Å². The lowest BCUT2D eigenvalue weighted by Gasteiger charge is -2.34. The molecule has 1 atom stereocenters. The number of likely N-dealkylation sites (tertiary alicyclic amines) is 1. The minimum atomic E-state index is -0.438. The van der Waals surface area contributed by atoms with Crippen molar-refractivity contribution in [3.8, 4) is 0 Å². The van der Waals surface area contributed by atoms with E-state index in [0.29, 0.717) is 32.1 Å².